The Morgan fingerprint density at radius 2 is 2.00 bits per heavy atom. The molecule has 0 atom stereocenters. The van der Waals surface area contributed by atoms with Gasteiger partial charge in [0.1, 0.15) is 5.82 Å². The van der Waals surface area contributed by atoms with Crippen LogP contribution in [-0.2, 0) is 16.1 Å². The van der Waals surface area contributed by atoms with E-state index in [1.165, 1.54) is 6.42 Å². The van der Waals surface area contributed by atoms with Crippen LogP contribution in [-0.4, -0.2) is 35.3 Å². The summed E-state index contributed by atoms with van der Waals surface area (Å²) < 4.78 is 0. The number of nitrogens with zero attached hydrogens (tertiary/aromatic N) is 3. The minimum atomic E-state index is 0.0765. The van der Waals surface area contributed by atoms with Gasteiger partial charge >= 0.3 is 0 Å². The van der Waals surface area contributed by atoms with Crippen molar-refractivity contribution in [1.29, 1.82) is 0 Å². The Labute approximate surface area is 183 Å². The summed E-state index contributed by atoms with van der Waals surface area (Å²) in [6.07, 6.45) is 9.65. The molecule has 3 aliphatic rings. The number of fused-ring (bicyclic) bond motifs is 2. The van der Waals surface area contributed by atoms with E-state index in [2.05, 4.69) is 22.4 Å². The van der Waals surface area contributed by atoms with Crippen LogP contribution in [0.2, 0.25) is 0 Å². The second-order valence-corrected chi connectivity index (χ2v) is 8.81. The fraction of sp³-hybridized carbons (Fsp3) is 0.400. The molecule has 1 N–H and O–H groups in total. The third kappa shape index (κ3) is 3.82. The SMILES string of the molecule is CN1CC=C(c2ccc3c(c2)N(C(=O)C2CCCCC2)Cc2cccnc2N3)CC1=O. The van der Waals surface area contributed by atoms with Crippen LogP contribution >= 0.6 is 0 Å². The van der Waals surface area contributed by atoms with Crippen LogP contribution in [0.1, 0.15) is 49.7 Å². The van der Waals surface area contributed by atoms with E-state index in [1.54, 1.807) is 11.1 Å². The third-order valence-electron chi connectivity index (χ3n) is 6.73. The zero-order valence-corrected chi connectivity index (χ0v) is 17.9. The Morgan fingerprint density at radius 3 is 2.81 bits per heavy atom. The average Bonchev–Trinajstić information content (AvgIpc) is 2.97. The first-order valence-electron chi connectivity index (χ1n) is 11.2. The molecule has 5 rings (SSSR count). The molecule has 1 aliphatic carbocycles. The average molecular weight is 417 g/mol. The highest BCUT2D eigenvalue weighted by Crippen LogP contribution is 2.39. The van der Waals surface area contributed by atoms with Gasteiger partial charge in [-0.25, -0.2) is 4.98 Å². The van der Waals surface area contributed by atoms with E-state index in [1.807, 2.05) is 36.2 Å². The van der Waals surface area contributed by atoms with Gasteiger partial charge in [0.25, 0.3) is 0 Å². The quantitative estimate of drug-likeness (QED) is 0.783. The monoisotopic (exact) mass is 416 g/mol. The molecule has 1 fully saturated rings. The first-order chi connectivity index (χ1) is 15.1. The van der Waals surface area contributed by atoms with Crippen LogP contribution in [0.4, 0.5) is 17.2 Å². The van der Waals surface area contributed by atoms with Crippen LogP contribution in [0.25, 0.3) is 5.57 Å². The van der Waals surface area contributed by atoms with Crippen molar-refractivity contribution in [2.24, 2.45) is 5.92 Å². The molecule has 1 saturated carbocycles. The van der Waals surface area contributed by atoms with Crippen molar-refractivity contribution in [3.8, 4) is 0 Å². The maximum Gasteiger partial charge on any atom is 0.230 e. The number of likely N-dealkylation sites (N-methyl/N-ethyl adjacent to an activating group) is 1. The molecule has 2 aliphatic heterocycles. The maximum atomic E-state index is 13.7. The van der Waals surface area contributed by atoms with Gasteiger partial charge in [0, 0.05) is 31.3 Å². The van der Waals surface area contributed by atoms with Crippen molar-refractivity contribution in [2.75, 3.05) is 23.8 Å². The second-order valence-electron chi connectivity index (χ2n) is 8.81. The maximum absolute atomic E-state index is 13.7. The minimum absolute atomic E-state index is 0.0765. The fourth-order valence-electron chi connectivity index (χ4n) is 4.83. The standard InChI is InChI=1S/C25H28N4O2/c1-28-13-11-19(15-23(28)30)18-9-10-21-22(14-18)29(25(31)17-6-3-2-4-7-17)16-20-8-5-12-26-24(20)27-21/h5,8-12,14,17H,2-4,6-7,13,15-16H2,1H3,(H,26,27). The number of aromatic nitrogens is 1. The lowest BCUT2D eigenvalue weighted by molar-refractivity contribution is -0.128. The Hall–Kier alpha value is -3.15. The van der Waals surface area contributed by atoms with Crippen molar-refractivity contribution in [3.63, 3.8) is 0 Å². The van der Waals surface area contributed by atoms with Gasteiger partial charge < -0.3 is 15.1 Å². The first-order valence-corrected chi connectivity index (χ1v) is 11.2. The van der Waals surface area contributed by atoms with E-state index in [0.717, 1.165) is 59.6 Å². The van der Waals surface area contributed by atoms with Crippen LogP contribution in [0.5, 0.6) is 0 Å². The molecule has 0 unspecified atom stereocenters. The van der Waals surface area contributed by atoms with E-state index < -0.39 is 0 Å². The molecule has 1 aromatic heterocycles. The molecular formula is C25H28N4O2. The number of hydrogen-bond donors (Lipinski definition) is 1. The minimum Gasteiger partial charge on any atom is -0.342 e. The molecule has 0 radical (unpaired) electrons. The molecule has 2 aromatic rings. The molecule has 0 spiro atoms. The molecule has 0 saturated heterocycles. The van der Waals surface area contributed by atoms with E-state index in [-0.39, 0.29) is 17.7 Å². The summed E-state index contributed by atoms with van der Waals surface area (Å²) in [5.74, 6) is 1.19. The highest BCUT2D eigenvalue weighted by Gasteiger charge is 2.31. The Bertz CT molecular complexity index is 1060. The molecule has 0 bridgehead atoms. The topological polar surface area (TPSA) is 65.5 Å². The van der Waals surface area contributed by atoms with Crippen molar-refractivity contribution in [1.82, 2.24) is 9.88 Å². The van der Waals surface area contributed by atoms with Gasteiger partial charge in [0.2, 0.25) is 11.8 Å². The van der Waals surface area contributed by atoms with Crippen molar-refractivity contribution >= 4 is 34.6 Å². The highest BCUT2D eigenvalue weighted by atomic mass is 16.2. The van der Waals surface area contributed by atoms with Gasteiger partial charge in [-0.3, -0.25) is 9.59 Å². The van der Waals surface area contributed by atoms with Crippen LogP contribution in [0, 0.1) is 5.92 Å². The molecule has 2 amide bonds. The molecule has 160 valence electrons. The Balaban J connectivity index is 1.56. The van der Waals surface area contributed by atoms with E-state index in [9.17, 15) is 9.59 Å². The molecule has 3 heterocycles. The van der Waals surface area contributed by atoms with Crippen molar-refractivity contribution in [3.05, 3.63) is 53.7 Å². The highest BCUT2D eigenvalue weighted by molar-refractivity contribution is 6.01. The largest absolute Gasteiger partial charge is 0.342 e. The Kier molecular flexibility index (Phi) is 5.22. The predicted octanol–water partition coefficient (Wildman–Crippen LogP) is 4.50. The number of carbonyl (C=O) groups is 2. The summed E-state index contributed by atoms with van der Waals surface area (Å²) in [4.78, 5) is 34.1. The number of amides is 2. The van der Waals surface area contributed by atoms with Crippen LogP contribution < -0.4 is 10.2 Å². The molecule has 1 aromatic carbocycles. The van der Waals surface area contributed by atoms with E-state index in [0.29, 0.717) is 19.5 Å². The normalized spacial score (nSPS) is 19.1. The number of anilines is 3. The van der Waals surface area contributed by atoms with E-state index in [4.69, 9.17) is 0 Å². The summed E-state index contributed by atoms with van der Waals surface area (Å²) >= 11 is 0. The van der Waals surface area contributed by atoms with Gasteiger partial charge in [0.05, 0.1) is 24.3 Å². The summed E-state index contributed by atoms with van der Waals surface area (Å²) in [5, 5.41) is 3.44. The first kappa shape index (κ1) is 19.8. The summed E-state index contributed by atoms with van der Waals surface area (Å²) in [7, 11) is 1.82. The number of carbonyl (C=O) groups excluding carboxylic acids is 2. The molecular weight excluding hydrogens is 388 g/mol. The van der Waals surface area contributed by atoms with Crippen LogP contribution in [0.3, 0.4) is 0 Å². The van der Waals surface area contributed by atoms with Crippen molar-refractivity contribution in [2.45, 2.75) is 45.1 Å². The Morgan fingerprint density at radius 1 is 1.16 bits per heavy atom. The lowest BCUT2D eigenvalue weighted by atomic mass is 9.88. The number of benzene rings is 1. The van der Waals surface area contributed by atoms with Crippen LogP contribution in [0.15, 0.2) is 42.6 Å². The number of rotatable bonds is 2. The zero-order valence-electron chi connectivity index (χ0n) is 17.9. The fourth-order valence-corrected chi connectivity index (χ4v) is 4.83. The molecule has 6 nitrogen and oxygen atoms in total. The number of hydrogen-bond acceptors (Lipinski definition) is 4. The zero-order chi connectivity index (χ0) is 21.4. The number of pyridine rings is 1. The second kappa shape index (κ2) is 8.17. The lowest BCUT2D eigenvalue weighted by Gasteiger charge is -2.30. The van der Waals surface area contributed by atoms with Gasteiger partial charge in [0.15, 0.2) is 0 Å². The lowest BCUT2D eigenvalue weighted by Crippen LogP contribution is -2.36. The summed E-state index contributed by atoms with van der Waals surface area (Å²) in [5.41, 5.74) is 4.79. The third-order valence-corrected chi connectivity index (χ3v) is 6.73. The van der Waals surface area contributed by atoms with Gasteiger partial charge in [-0.2, -0.15) is 0 Å². The van der Waals surface area contributed by atoms with Crippen molar-refractivity contribution < 1.29 is 9.59 Å². The molecule has 31 heavy (non-hydrogen) atoms. The number of nitrogens with one attached hydrogen (secondary N) is 1. The van der Waals surface area contributed by atoms with Gasteiger partial charge in [-0.15, -0.1) is 0 Å². The van der Waals surface area contributed by atoms with E-state index >= 15 is 0 Å². The smallest absolute Gasteiger partial charge is 0.230 e. The summed E-state index contributed by atoms with van der Waals surface area (Å²) in [6, 6.07) is 10.1. The van der Waals surface area contributed by atoms with Gasteiger partial charge in [-0.05, 0) is 42.2 Å². The summed E-state index contributed by atoms with van der Waals surface area (Å²) in [6.45, 7) is 1.12. The molecule has 6 heteroatoms. The predicted molar refractivity (Wildman–Crippen MR) is 122 cm³/mol. The van der Waals surface area contributed by atoms with Gasteiger partial charge in [-0.1, -0.05) is 37.5 Å².